The van der Waals surface area contributed by atoms with Gasteiger partial charge in [-0.2, -0.15) is 0 Å². The molecule has 0 radical (unpaired) electrons. The van der Waals surface area contributed by atoms with E-state index < -0.39 is 0 Å². The highest BCUT2D eigenvalue weighted by atomic mass is 32.2. The van der Waals surface area contributed by atoms with Crippen LogP contribution < -0.4 is 0 Å². The van der Waals surface area contributed by atoms with Gasteiger partial charge in [-0.1, -0.05) is 0 Å². The monoisotopic (exact) mass is 183 g/mol. The van der Waals surface area contributed by atoms with Crippen LogP contribution in [0.4, 0.5) is 0 Å². The minimum Gasteiger partial charge on any atom is -0.389 e. The number of rotatable bonds is 4. The number of ketones is 1. The molecule has 0 aliphatic carbocycles. The van der Waals surface area contributed by atoms with Crippen molar-refractivity contribution in [2.45, 2.75) is 4.90 Å². The first kappa shape index (κ1) is 9.22. The first-order chi connectivity index (χ1) is 5.83. The molecule has 1 heterocycles. The maximum atomic E-state index is 10.7. The second kappa shape index (κ2) is 4.90. The van der Waals surface area contributed by atoms with E-state index in [4.69, 9.17) is 5.11 Å². The van der Waals surface area contributed by atoms with E-state index in [1.54, 1.807) is 12.4 Å². The summed E-state index contributed by atoms with van der Waals surface area (Å²) >= 11 is 1.40. The third-order valence-corrected chi connectivity index (χ3v) is 2.30. The number of aromatic nitrogens is 1. The molecule has 0 aliphatic rings. The van der Waals surface area contributed by atoms with Crippen molar-refractivity contribution in [3.8, 4) is 0 Å². The zero-order chi connectivity index (χ0) is 8.81. The van der Waals surface area contributed by atoms with Crippen molar-refractivity contribution in [1.82, 2.24) is 4.98 Å². The average molecular weight is 183 g/mol. The zero-order valence-electron chi connectivity index (χ0n) is 6.43. The Morgan fingerprint density at radius 3 is 2.75 bits per heavy atom. The van der Waals surface area contributed by atoms with Gasteiger partial charge < -0.3 is 5.11 Å². The predicted octanol–water partition coefficient (Wildman–Crippen LogP) is 0.735. The van der Waals surface area contributed by atoms with E-state index in [0.29, 0.717) is 5.75 Å². The van der Waals surface area contributed by atoms with Crippen LogP contribution >= 0.6 is 11.8 Å². The fraction of sp³-hybridized carbons (Fsp3) is 0.250. The van der Waals surface area contributed by atoms with Gasteiger partial charge in [-0.25, -0.2) is 0 Å². The molecule has 0 amide bonds. The summed E-state index contributed by atoms with van der Waals surface area (Å²) in [7, 11) is 0. The van der Waals surface area contributed by atoms with Crippen molar-refractivity contribution in [3.05, 3.63) is 24.5 Å². The van der Waals surface area contributed by atoms with E-state index in [2.05, 4.69) is 4.98 Å². The Hall–Kier alpha value is -0.870. The molecule has 1 rings (SSSR count). The van der Waals surface area contributed by atoms with Crippen LogP contribution in [-0.4, -0.2) is 28.2 Å². The molecule has 0 bridgehead atoms. The van der Waals surface area contributed by atoms with Crippen molar-refractivity contribution in [1.29, 1.82) is 0 Å². The summed E-state index contributed by atoms with van der Waals surface area (Å²) in [5, 5.41) is 8.44. The molecular formula is C8H9NO2S. The molecule has 0 spiro atoms. The molecule has 0 aliphatic heterocycles. The molecule has 4 heteroatoms. The summed E-state index contributed by atoms with van der Waals surface area (Å²) in [6.45, 7) is -0.377. The predicted molar refractivity (Wildman–Crippen MR) is 47.1 cm³/mol. The van der Waals surface area contributed by atoms with Crippen molar-refractivity contribution in [2.75, 3.05) is 12.4 Å². The summed E-state index contributed by atoms with van der Waals surface area (Å²) in [4.78, 5) is 15.5. The number of hydrogen-bond donors (Lipinski definition) is 1. The molecule has 0 aromatic carbocycles. The lowest BCUT2D eigenvalue weighted by Crippen LogP contribution is -2.05. The van der Waals surface area contributed by atoms with Gasteiger partial charge in [0.25, 0.3) is 0 Å². The summed E-state index contributed by atoms with van der Waals surface area (Å²) in [5.74, 6) is 0.164. The number of nitrogens with zero attached hydrogens (tertiary/aromatic N) is 1. The van der Waals surface area contributed by atoms with Crippen LogP contribution in [0.2, 0.25) is 0 Å². The number of hydrogen-bond acceptors (Lipinski definition) is 4. The summed E-state index contributed by atoms with van der Waals surface area (Å²) < 4.78 is 0. The van der Waals surface area contributed by atoms with Gasteiger partial charge in [0.1, 0.15) is 6.61 Å². The molecule has 1 aromatic heterocycles. The number of aliphatic hydroxyl groups excluding tert-OH is 1. The lowest BCUT2D eigenvalue weighted by Gasteiger charge is -1.97. The smallest absolute Gasteiger partial charge is 0.168 e. The highest BCUT2D eigenvalue weighted by Crippen LogP contribution is 2.15. The minimum atomic E-state index is -0.377. The normalized spacial score (nSPS) is 9.75. The Morgan fingerprint density at radius 2 is 2.17 bits per heavy atom. The van der Waals surface area contributed by atoms with Gasteiger partial charge in [-0.05, 0) is 12.1 Å². The molecule has 64 valence electrons. The molecular weight excluding hydrogens is 174 g/mol. The number of thioether (sulfide) groups is 1. The van der Waals surface area contributed by atoms with Crippen molar-refractivity contribution in [2.24, 2.45) is 0 Å². The number of aliphatic hydroxyl groups is 1. The van der Waals surface area contributed by atoms with Crippen LogP contribution in [0.1, 0.15) is 0 Å². The standard InChI is InChI=1S/C8H9NO2S/c10-5-7(11)6-12-8-1-3-9-4-2-8/h1-4,10H,5-6H2. The van der Waals surface area contributed by atoms with Gasteiger partial charge in [0, 0.05) is 17.3 Å². The van der Waals surface area contributed by atoms with Gasteiger partial charge in [0.05, 0.1) is 5.75 Å². The van der Waals surface area contributed by atoms with E-state index in [9.17, 15) is 4.79 Å². The molecule has 0 fully saturated rings. The van der Waals surface area contributed by atoms with Crippen LogP contribution in [-0.2, 0) is 4.79 Å². The Morgan fingerprint density at radius 1 is 1.50 bits per heavy atom. The molecule has 1 N–H and O–H groups in total. The number of carbonyl (C=O) groups excluding carboxylic acids is 1. The van der Waals surface area contributed by atoms with Crippen molar-refractivity contribution >= 4 is 17.5 Å². The topological polar surface area (TPSA) is 50.2 Å². The highest BCUT2D eigenvalue weighted by molar-refractivity contribution is 8.00. The summed E-state index contributed by atoms with van der Waals surface area (Å²) in [6, 6.07) is 3.66. The molecule has 12 heavy (non-hydrogen) atoms. The van der Waals surface area contributed by atoms with Gasteiger partial charge >= 0.3 is 0 Å². The first-order valence-corrected chi connectivity index (χ1v) is 4.47. The fourth-order valence-corrected chi connectivity index (χ4v) is 1.38. The number of Topliss-reactive ketones (excluding diaryl/α,β-unsaturated/α-hetero) is 1. The zero-order valence-corrected chi connectivity index (χ0v) is 7.25. The average Bonchev–Trinajstić information content (AvgIpc) is 2.16. The van der Waals surface area contributed by atoms with E-state index in [1.165, 1.54) is 11.8 Å². The second-order valence-corrected chi connectivity index (χ2v) is 3.22. The Labute approximate surface area is 74.8 Å². The van der Waals surface area contributed by atoms with E-state index in [0.717, 1.165) is 4.90 Å². The van der Waals surface area contributed by atoms with E-state index >= 15 is 0 Å². The van der Waals surface area contributed by atoms with E-state index in [1.807, 2.05) is 12.1 Å². The van der Waals surface area contributed by atoms with Gasteiger partial charge in [0.15, 0.2) is 5.78 Å². The number of pyridine rings is 1. The van der Waals surface area contributed by atoms with Gasteiger partial charge in [-0.3, -0.25) is 9.78 Å². The third-order valence-electron chi connectivity index (χ3n) is 1.23. The second-order valence-electron chi connectivity index (χ2n) is 2.17. The minimum absolute atomic E-state index is 0.156. The van der Waals surface area contributed by atoms with Crippen LogP contribution in [0.15, 0.2) is 29.4 Å². The fourth-order valence-electron chi connectivity index (χ4n) is 0.644. The van der Waals surface area contributed by atoms with E-state index in [-0.39, 0.29) is 12.4 Å². The van der Waals surface area contributed by atoms with Crippen LogP contribution in [0, 0.1) is 0 Å². The Balaban J connectivity index is 2.38. The summed E-state index contributed by atoms with van der Waals surface area (Å²) in [6.07, 6.45) is 3.34. The van der Waals surface area contributed by atoms with Gasteiger partial charge in [-0.15, -0.1) is 11.8 Å². The molecule has 3 nitrogen and oxygen atoms in total. The van der Waals surface area contributed by atoms with Crippen LogP contribution in [0.5, 0.6) is 0 Å². The first-order valence-electron chi connectivity index (χ1n) is 3.48. The molecule has 0 saturated heterocycles. The van der Waals surface area contributed by atoms with Crippen molar-refractivity contribution in [3.63, 3.8) is 0 Å². The number of carbonyl (C=O) groups is 1. The molecule has 1 aromatic rings. The SMILES string of the molecule is O=C(CO)CSc1ccncc1. The van der Waals surface area contributed by atoms with Gasteiger partial charge in [0.2, 0.25) is 0 Å². The lowest BCUT2D eigenvalue weighted by molar-refractivity contribution is -0.119. The maximum absolute atomic E-state index is 10.7. The lowest BCUT2D eigenvalue weighted by atomic mass is 10.5. The summed E-state index contributed by atoms with van der Waals surface area (Å²) in [5.41, 5.74) is 0. The quantitative estimate of drug-likeness (QED) is 0.699. The van der Waals surface area contributed by atoms with Crippen molar-refractivity contribution < 1.29 is 9.90 Å². The van der Waals surface area contributed by atoms with Crippen LogP contribution in [0.25, 0.3) is 0 Å². The highest BCUT2D eigenvalue weighted by Gasteiger charge is 1.99. The Bertz CT molecular complexity index is 250. The molecule has 0 saturated carbocycles. The molecule has 0 unspecified atom stereocenters. The maximum Gasteiger partial charge on any atom is 0.168 e. The molecule has 0 atom stereocenters. The third kappa shape index (κ3) is 3.02. The Kier molecular flexibility index (Phi) is 3.76. The largest absolute Gasteiger partial charge is 0.389 e. The van der Waals surface area contributed by atoms with Crippen LogP contribution in [0.3, 0.4) is 0 Å².